The van der Waals surface area contributed by atoms with Crippen molar-refractivity contribution in [1.29, 1.82) is 0 Å². The van der Waals surface area contributed by atoms with Gasteiger partial charge < -0.3 is 10.3 Å². The van der Waals surface area contributed by atoms with Gasteiger partial charge in [0.1, 0.15) is 5.84 Å². The molecule has 1 aliphatic heterocycles. The number of hydrogen-bond acceptors (Lipinski definition) is 2. The number of nitrogens with zero attached hydrogens (tertiary/aromatic N) is 2. The van der Waals surface area contributed by atoms with Crippen molar-refractivity contribution < 1.29 is 0 Å². The van der Waals surface area contributed by atoms with Gasteiger partial charge in [-0.05, 0) is 6.42 Å². The molecule has 3 nitrogen and oxygen atoms in total. The van der Waals surface area contributed by atoms with E-state index in [0.717, 1.165) is 13.0 Å². The van der Waals surface area contributed by atoms with Crippen molar-refractivity contribution in [2.75, 3.05) is 20.6 Å². The minimum absolute atomic E-state index is 1.12. The second-order valence-electron chi connectivity index (χ2n) is 2.28. The van der Waals surface area contributed by atoms with E-state index in [1.54, 1.807) is 0 Å². The molecule has 1 aliphatic rings. The van der Waals surface area contributed by atoms with Crippen LogP contribution in [0.25, 0.3) is 0 Å². The fourth-order valence-electron chi connectivity index (χ4n) is 1.06. The molecule has 0 unspecified atom stereocenters. The van der Waals surface area contributed by atoms with Crippen LogP contribution in [0.3, 0.4) is 0 Å². The van der Waals surface area contributed by atoms with Crippen LogP contribution < -0.4 is 5.43 Å². The van der Waals surface area contributed by atoms with E-state index in [1.165, 1.54) is 12.3 Å². The van der Waals surface area contributed by atoms with E-state index in [4.69, 9.17) is 0 Å². The summed E-state index contributed by atoms with van der Waals surface area (Å²) in [5.74, 6) is 1.18. The molecule has 0 atom stereocenters. The molecular weight excluding hydrogens is 114 g/mol. The van der Waals surface area contributed by atoms with Crippen molar-refractivity contribution in [3.05, 3.63) is 0 Å². The maximum Gasteiger partial charge on any atom is 0.124 e. The summed E-state index contributed by atoms with van der Waals surface area (Å²) < 4.78 is 0. The quantitative estimate of drug-likeness (QED) is 0.511. The fraction of sp³-hybridized carbons (Fsp3) is 0.833. The van der Waals surface area contributed by atoms with Crippen LogP contribution in [0.5, 0.6) is 0 Å². The minimum atomic E-state index is 1.12. The maximum absolute atomic E-state index is 4.10. The third-order valence-corrected chi connectivity index (χ3v) is 1.58. The van der Waals surface area contributed by atoms with E-state index in [2.05, 4.69) is 22.5 Å². The van der Waals surface area contributed by atoms with Gasteiger partial charge in [-0.25, -0.2) is 0 Å². The van der Waals surface area contributed by atoms with Crippen LogP contribution in [0.4, 0.5) is 0 Å². The SMILES string of the molecule is CN/N=C1\CCCN1C. The number of likely N-dealkylation sites (tertiary alicyclic amines) is 1. The normalized spacial score (nSPS) is 23.3. The summed E-state index contributed by atoms with van der Waals surface area (Å²) in [7, 11) is 3.91. The Bertz CT molecular complexity index is 119. The van der Waals surface area contributed by atoms with E-state index >= 15 is 0 Å². The van der Waals surface area contributed by atoms with E-state index in [-0.39, 0.29) is 0 Å². The number of nitrogens with one attached hydrogen (secondary N) is 1. The second kappa shape index (κ2) is 2.71. The first-order chi connectivity index (χ1) is 4.34. The highest BCUT2D eigenvalue weighted by Crippen LogP contribution is 2.07. The fourth-order valence-corrected chi connectivity index (χ4v) is 1.06. The first-order valence-corrected chi connectivity index (χ1v) is 3.29. The highest BCUT2D eigenvalue weighted by molar-refractivity contribution is 5.83. The molecule has 0 spiro atoms. The van der Waals surface area contributed by atoms with Gasteiger partial charge in [0, 0.05) is 27.1 Å². The van der Waals surface area contributed by atoms with E-state index in [0.29, 0.717) is 0 Å². The Morgan fingerprint density at radius 2 is 2.44 bits per heavy atom. The molecule has 0 aromatic heterocycles. The summed E-state index contributed by atoms with van der Waals surface area (Å²) in [6.07, 6.45) is 2.37. The van der Waals surface area contributed by atoms with Crippen molar-refractivity contribution in [1.82, 2.24) is 10.3 Å². The van der Waals surface area contributed by atoms with Crippen molar-refractivity contribution in [2.24, 2.45) is 5.10 Å². The molecule has 1 N–H and O–H groups in total. The van der Waals surface area contributed by atoms with Crippen molar-refractivity contribution in [2.45, 2.75) is 12.8 Å². The zero-order chi connectivity index (χ0) is 6.69. The summed E-state index contributed by atoms with van der Waals surface area (Å²) in [6.45, 7) is 1.15. The number of amidine groups is 1. The lowest BCUT2D eigenvalue weighted by atomic mass is 10.4. The molecule has 0 bridgehead atoms. The first kappa shape index (κ1) is 6.39. The lowest BCUT2D eigenvalue weighted by Gasteiger charge is -2.09. The van der Waals surface area contributed by atoms with Gasteiger partial charge in [0.05, 0.1) is 0 Å². The maximum atomic E-state index is 4.10. The predicted molar refractivity (Wildman–Crippen MR) is 38.4 cm³/mol. The van der Waals surface area contributed by atoms with E-state index in [9.17, 15) is 0 Å². The Kier molecular flexibility index (Phi) is 1.92. The third-order valence-electron chi connectivity index (χ3n) is 1.58. The highest BCUT2D eigenvalue weighted by atomic mass is 15.3. The number of hydrazone groups is 1. The average molecular weight is 127 g/mol. The molecule has 1 saturated heterocycles. The molecule has 1 fully saturated rings. The molecule has 9 heavy (non-hydrogen) atoms. The van der Waals surface area contributed by atoms with Crippen LogP contribution in [0.15, 0.2) is 5.10 Å². The molecule has 0 aromatic rings. The Labute approximate surface area is 55.7 Å². The molecule has 0 amide bonds. The Morgan fingerprint density at radius 1 is 1.67 bits per heavy atom. The van der Waals surface area contributed by atoms with Crippen LogP contribution in [0, 0.1) is 0 Å². The summed E-state index contributed by atoms with van der Waals surface area (Å²) >= 11 is 0. The molecule has 1 heterocycles. The standard InChI is InChI=1S/C6H13N3/c1-7-8-6-4-3-5-9(6)2/h7H,3-5H2,1-2H3/b8-6+. The lowest BCUT2D eigenvalue weighted by Crippen LogP contribution is -2.20. The zero-order valence-corrected chi connectivity index (χ0v) is 6.02. The van der Waals surface area contributed by atoms with Gasteiger partial charge in [-0.2, -0.15) is 5.10 Å². The lowest BCUT2D eigenvalue weighted by molar-refractivity contribution is 0.545. The topological polar surface area (TPSA) is 27.6 Å². The van der Waals surface area contributed by atoms with Crippen LogP contribution >= 0.6 is 0 Å². The van der Waals surface area contributed by atoms with Crippen molar-refractivity contribution in [3.63, 3.8) is 0 Å². The van der Waals surface area contributed by atoms with Gasteiger partial charge in [0.25, 0.3) is 0 Å². The first-order valence-electron chi connectivity index (χ1n) is 3.29. The summed E-state index contributed by atoms with van der Waals surface area (Å²) in [5, 5.41) is 4.10. The van der Waals surface area contributed by atoms with Gasteiger partial charge in [-0.3, -0.25) is 0 Å². The molecule has 3 heteroatoms. The highest BCUT2D eigenvalue weighted by Gasteiger charge is 2.12. The number of hydrogen-bond donors (Lipinski definition) is 1. The van der Waals surface area contributed by atoms with Gasteiger partial charge in [-0.1, -0.05) is 0 Å². The van der Waals surface area contributed by atoms with Crippen LogP contribution in [0.2, 0.25) is 0 Å². The Morgan fingerprint density at radius 3 is 2.89 bits per heavy atom. The van der Waals surface area contributed by atoms with E-state index in [1.807, 2.05) is 7.05 Å². The molecule has 0 aliphatic carbocycles. The molecule has 0 radical (unpaired) electrons. The summed E-state index contributed by atoms with van der Waals surface area (Å²) in [6, 6.07) is 0. The van der Waals surface area contributed by atoms with Crippen LogP contribution in [-0.2, 0) is 0 Å². The monoisotopic (exact) mass is 127 g/mol. The smallest absolute Gasteiger partial charge is 0.124 e. The Balaban J connectivity index is 2.48. The predicted octanol–water partition coefficient (Wildman–Crippen LogP) is 0.245. The molecule has 0 aromatic carbocycles. The van der Waals surface area contributed by atoms with Crippen LogP contribution in [0.1, 0.15) is 12.8 Å². The van der Waals surface area contributed by atoms with Gasteiger partial charge in [0.2, 0.25) is 0 Å². The van der Waals surface area contributed by atoms with Gasteiger partial charge >= 0.3 is 0 Å². The zero-order valence-electron chi connectivity index (χ0n) is 6.02. The molecule has 52 valence electrons. The molecule has 1 rings (SSSR count). The largest absolute Gasteiger partial charge is 0.362 e. The third kappa shape index (κ3) is 1.34. The second-order valence-corrected chi connectivity index (χ2v) is 2.28. The van der Waals surface area contributed by atoms with Gasteiger partial charge in [-0.15, -0.1) is 0 Å². The van der Waals surface area contributed by atoms with Gasteiger partial charge in [0.15, 0.2) is 0 Å². The van der Waals surface area contributed by atoms with Crippen LogP contribution in [-0.4, -0.2) is 31.4 Å². The summed E-state index contributed by atoms with van der Waals surface area (Å²) in [5.41, 5.74) is 2.79. The average Bonchev–Trinajstić information content (AvgIpc) is 2.18. The summed E-state index contributed by atoms with van der Waals surface area (Å²) in [4.78, 5) is 2.18. The van der Waals surface area contributed by atoms with E-state index < -0.39 is 0 Å². The minimum Gasteiger partial charge on any atom is -0.362 e. The van der Waals surface area contributed by atoms with Crippen molar-refractivity contribution >= 4 is 5.84 Å². The molecule has 0 saturated carbocycles. The number of rotatable bonds is 1. The van der Waals surface area contributed by atoms with Crippen molar-refractivity contribution in [3.8, 4) is 0 Å². The molecular formula is C6H13N3. The Hall–Kier alpha value is -0.730.